The number of unbranched alkanes of at least 4 members (excludes halogenated alkanes) is 9. The second kappa shape index (κ2) is 9.44. The van der Waals surface area contributed by atoms with Crippen molar-refractivity contribution in [3.05, 3.63) is 0 Å². The molecule has 3 nitrogen and oxygen atoms in total. The molecule has 0 radical (unpaired) electrons. The van der Waals surface area contributed by atoms with Gasteiger partial charge in [0.15, 0.2) is 5.41 Å². The van der Waals surface area contributed by atoms with Crippen LogP contribution in [0.5, 0.6) is 0 Å². The lowest BCUT2D eigenvalue weighted by Gasteiger charge is -2.45. The number of carbonyl (C=O) groups is 2. The topological polar surface area (TPSA) is 43.4 Å². The minimum atomic E-state index is -0.725. The molecule has 1 aliphatic heterocycles. The molecule has 23 heavy (non-hydrogen) atoms. The first-order chi connectivity index (χ1) is 11.2. The highest BCUT2D eigenvalue weighted by Gasteiger charge is 2.63. The van der Waals surface area contributed by atoms with Gasteiger partial charge in [-0.1, -0.05) is 84.0 Å². The third-order valence-electron chi connectivity index (χ3n) is 5.89. The van der Waals surface area contributed by atoms with Gasteiger partial charge >= 0.3 is 11.9 Å². The van der Waals surface area contributed by atoms with E-state index < -0.39 is 5.41 Å². The molecule has 0 aromatic rings. The van der Waals surface area contributed by atoms with Crippen LogP contribution in [0, 0.1) is 11.3 Å². The third kappa shape index (κ3) is 4.58. The van der Waals surface area contributed by atoms with Crippen molar-refractivity contribution in [1.29, 1.82) is 0 Å². The van der Waals surface area contributed by atoms with Gasteiger partial charge < -0.3 is 4.74 Å². The molecule has 3 heteroatoms. The summed E-state index contributed by atoms with van der Waals surface area (Å²) in [6, 6.07) is 0. The van der Waals surface area contributed by atoms with Gasteiger partial charge in [-0.3, -0.25) is 9.59 Å². The Hall–Kier alpha value is -0.860. The summed E-state index contributed by atoms with van der Waals surface area (Å²) in [5, 5.41) is 0. The molecule has 2 aliphatic rings. The Labute approximate surface area is 141 Å². The van der Waals surface area contributed by atoms with Crippen LogP contribution in [0.2, 0.25) is 0 Å². The third-order valence-corrected chi connectivity index (χ3v) is 5.89. The number of carbonyl (C=O) groups excluding carboxylic acids is 2. The molecule has 1 saturated heterocycles. The van der Waals surface area contributed by atoms with E-state index in [1.165, 1.54) is 57.8 Å². The first kappa shape index (κ1) is 18.5. The van der Waals surface area contributed by atoms with Gasteiger partial charge in [0.25, 0.3) is 0 Å². The zero-order chi connectivity index (χ0) is 16.5. The smallest absolute Gasteiger partial charge is 0.331 e. The van der Waals surface area contributed by atoms with Gasteiger partial charge in [0, 0.05) is 0 Å². The molecule has 132 valence electrons. The van der Waals surface area contributed by atoms with Crippen molar-refractivity contribution in [1.82, 2.24) is 0 Å². The summed E-state index contributed by atoms with van der Waals surface area (Å²) in [7, 11) is 0. The van der Waals surface area contributed by atoms with Gasteiger partial charge in [-0.15, -0.1) is 0 Å². The highest BCUT2D eigenvalue weighted by Crippen LogP contribution is 2.50. The molecule has 1 spiro atoms. The van der Waals surface area contributed by atoms with Gasteiger partial charge in [-0.05, 0) is 25.2 Å². The quantitative estimate of drug-likeness (QED) is 0.284. The van der Waals surface area contributed by atoms with E-state index in [0.717, 1.165) is 38.5 Å². The Morgan fingerprint density at radius 2 is 1.43 bits per heavy atom. The molecule has 0 bridgehead atoms. The van der Waals surface area contributed by atoms with E-state index in [0.29, 0.717) is 0 Å². The molecule has 2 rings (SSSR count). The van der Waals surface area contributed by atoms with E-state index in [-0.39, 0.29) is 17.9 Å². The molecule has 0 aromatic carbocycles. The molecule has 0 aromatic heterocycles. The second-order valence-electron chi connectivity index (χ2n) is 7.56. The fraction of sp³-hybridized carbons (Fsp3) is 0.900. The van der Waals surface area contributed by atoms with Crippen LogP contribution in [-0.2, 0) is 14.3 Å². The lowest BCUT2D eigenvalue weighted by Crippen LogP contribution is -2.58. The normalized spacial score (nSPS) is 22.9. The van der Waals surface area contributed by atoms with Crippen LogP contribution < -0.4 is 0 Å². The summed E-state index contributed by atoms with van der Waals surface area (Å²) < 4.78 is 4.68. The molecule has 0 amide bonds. The average Bonchev–Trinajstić information content (AvgIpc) is 2.57. The number of rotatable bonds is 11. The van der Waals surface area contributed by atoms with Gasteiger partial charge in [-0.2, -0.15) is 0 Å². The largest absolute Gasteiger partial charge is 0.391 e. The number of cyclic esters (lactones) is 2. The Balaban J connectivity index is 1.55. The minimum Gasteiger partial charge on any atom is -0.391 e. The van der Waals surface area contributed by atoms with Crippen molar-refractivity contribution in [2.75, 3.05) is 0 Å². The fourth-order valence-electron chi connectivity index (χ4n) is 4.35. The van der Waals surface area contributed by atoms with E-state index >= 15 is 0 Å². The lowest BCUT2D eigenvalue weighted by molar-refractivity contribution is -0.206. The van der Waals surface area contributed by atoms with Crippen molar-refractivity contribution in [3.63, 3.8) is 0 Å². The van der Waals surface area contributed by atoms with Crippen LogP contribution in [0.1, 0.15) is 103 Å². The maximum atomic E-state index is 11.9. The average molecular weight is 322 g/mol. The predicted molar refractivity (Wildman–Crippen MR) is 92.0 cm³/mol. The maximum Gasteiger partial charge on any atom is 0.331 e. The number of esters is 2. The molecule has 1 atom stereocenters. The van der Waals surface area contributed by atoms with Crippen molar-refractivity contribution < 1.29 is 14.3 Å². The second-order valence-corrected chi connectivity index (χ2v) is 7.56. The molecule has 1 saturated carbocycles. The first-order valence-electron chi connectivity index (χ1n) is 9.98. The number of ether oxygens (including phenoxy) is 1. The number of hydrogen-bond acceptors (Lipinski definition) is 3. The van der Waals surface area contributed by atoms with Crippen molar-refractivity contribution >= 4 is 11.9 Å². The SMILES string of the molecule is CCCCCCCCCCCCC1CCCCC12C(=O)OC2=O. The summed E-state index contributed by atoms with van der Waals surface area (Å²) in [5.41, 5.74) is -0.725. The lowest BCUT2D eigenvalue weighted by atomic mass is 9.62. The van der Waals surface area contributed by atoms with Crippen LogP contribution in [-0.4, -0.2) is 11.9 Å². The monoisotopic (exact) mass is 322 g/mol. The van der Waals surface area contributed by atoms with E-state index in [4.69, 9.17) is 0 Å². The standard InChI is InChI=1S/C20H34O3/c1-2-3-4-5-6-7-8-9-10-11-14-17-15-12-13-16-20(17)18(21)23-19(20)22/h17H,2-16H2,1H3. The molecule has 2 fully saturated rings. The Morgan fingerprint density at radius 1 is 0.870 bits per heavy atom. The van der Waals surface area contributed by atoms with Crippen LogP contribution in [0.3, 0.4) is 0 Å². The zero-order valence-electron chi connectivity index (χ0n) is 14.9. The van der Waals surface area contributed by atoms with E-state index in [2.05, 4.69) is 11.7 Å². The summed E-state index contributed by atoms with van der Waals surface area (Å²) in [6.07, 6.45) is 18.2. The van der Waals surface area contributed by atoms with Crippen LogP contribution >= 0.6 is 0 Å². The summed E-state index contributed by atoms with van der Waals surface area (Å²) in [4.78, 5) is 23.7. The van der Waals surface area contributed by atoms with Crippen LogP contribution in [0.4, 0.5) is 0 Å². The Bertz CT molecular complexity index is 374. The van der Waals surface area contributed by atoms with Crippen LogP contribution in [0.15, 0.2) is 0 Å². The highest BCUT2D eigenvalue weighted by molar-refractivity contribution is 6.14. The van der Waals surface area contributed by atoms with Crippen molar-refractivity contribution in [3.8, 4) is 0 Å². The zero-order valence-corrected chi connectivity index (χ0v) is 14.9. The first-order valence-corrected chi connectivity index (χ1v) is 9.98. The summed E-state index contributed by atoms with van der Waals surface area (Å²) in [5.74, 6) is -0.224. The molecule has 1 heterocycles. The van der Waals surface area contributed by atoms with Crippen molar-refractivity contribution in [2.24, 2.45) is 11.3 Å². The van der Waals surface area contributed by atoms with Crippen LogP contribution in [0.25, 0.3) is 0 Å². The van der Waals surface area contributed by atoms with Gasteiger partial charge in [-0.25, -0.2) is 0 Å². The molecule has 0 N–H and O–H groups in total. The fourth-order valence-corrected chi connectivity index (χ4v) is 4.35. The summed E-state index contributed by atoms with van der Waals surface area (Å²) in [6.45, 7) is 2.26. The maximum absolute atomic E-state index is 11.9. The molecule has 1 aliphatic carbocycles. The van der Waals surface area contributed by atoms with Gasteiger partial charge in [0.2, 0.25) is 0 Å². The number of hydrogen-bond donors (Lipinski definition) is 0. The molecular weight excluding hydrogens is 288 g/mol. The predicted octanol–water partition coefficient (Wildman–Crippen LogP) is 5.56. The van der Waals surface area contributed by atoms with Gasteiger partial charge in [0.1, 0.15) is 0 Å². The van der Waals surface area contributed by atoms with E-state index in [9.17, 15) is 9.59 Å². The molecular formula is C20H34O3. The van der Waals surface area contributed by atoms with E-state index in [1.807, 2.05) is 0 Å². The van der Waals surface area contributed by atoms with Crippen molar-refractivity contribution in [2.45, 2.75) is 103 Å². The summed E-state index contributed by atoms with van der Waals surface area (Å²) >= 11 is 0. The van der Waals surface area contributed by atoms with Gasteiger partial charge in [0.05, 0.1) is 0 Å². The molecule has 1 unspecified atom stereocenters. The minimum absolute atomic E-state index is 0.237. The van der Waals surface area contributed by atoms with E-state index in [1.54, 1.807) is 0 Å². The Morgan fingerprint density at radius 3 is 2.00 bits per heavy atom. The Kier molecular flexibility index (Phi) is 7.58. The highest BCUT2D eigenvalue weighted by atomic mass is 16.6.